The number of hydrogen-bond acceptors (Lipinski definition) is 5. The Kier molecular flexibility index (Phi) is 16.6. The van der Waals surface area contributed by atoms with Crippen molar-refractivity contribution in [3.05, 3.63) is 239 Å². The summed E-state index contributed by atoms with van der Waals surface area (Å²) < 4.78 is 25.3. The molecule has 0 amide bonds. The molecular weight excluding hydrogens is 1340 g/mol. The molecule has 1 aliphatic heterocycles. The van der Waals surface area contributed by atoms with Crippen molar-refractivity contribution >= 4 is 72.2 Å². The minimum Gasteiger partial charge on any atom is -0.509 e. The molecule has 486 valence electrons. The maximum atomic E-state index is 9.08. The Morgan fingerprint density at radius 3 is 1.59 bits per heavy atom. The summed E-state index contributed by atoms with van der Waals surface area (Å²) in [5.41, 5.74) is 21.9. The zero-order valence-corrected chi connectivity index (χ0v) is 61.0. The summed E-state index contributed by atoms with van der Waals surface area (Å²) in [5, 5.41) is 3.50. The van der Waals surface area contributed by atoms with Gasteiger partial charge in [0, 0.05) is 83.2 Å². The van der Waals surface area contributed by atoms with Crippen LogP contribution in [0.15, 0.2) is 174 Å². The number of pyridine rings is 1. The van der Waals surface area contributed by atoms with Gasteiger partial charge < -0.3 is 23.5 Å². The quantitative estimate of drug-likeness (QED) is 0.128. The van der Waals surface area contributed by atoms with Crippen LogP contribution in [0.1, 0.15) is 184 Å². The molecule has 95 heavy (non-hydrogen) atoms. The molecule has 0 saturated carbocycles. The summed E-state index contributed by atoms with van der Waals surface area (Å²) in [6.07, 6.45) is 0.162. The average molecular weight is 1430 g/mol. The summed E-state index contributed by atoms with van der Waals surface area (Å²) >= 11 is 0. The molecule has 0 spiro atoms. The molecule has 0 unspecified atom stereocenters. The van der Waals surface area contributed by atoms with Crippen LogP contribution in [0.25, 0.3) is 87.8 Å². The number of hydrogen-bond donors (Lipinski definition) is 0. The molecule has 0 radical (unpaired) electrons. The fourth-order valence-corrected chi connectivity index (χ4v) is 13.5. The first-order chi connectivity index (χ1) is 44.7. The van der Waals surface area contributed by atoms with Gasteiger partial charge in [-0.1, -0.05) is 246 Å². The number of fused-ring (bicyclic) bond motifs is 8. The number of aromatic nitrogens is 2. The van der Waals surface area contributed by atoms with Crippen molar-refractivity contribution in [2.24, 2.45) is 0 Å². The summed E-state index contributed by atoms with van der Waals surface area (Å²) in [7, 11) is 0. The molecule has 0 aliphatic carbocycles. The van der Waals surface area contributed by atoms with Crippen LogP contribution in [0.3, 0.4) is 0 Å². The number of nitrogens with zero attached hydrogens (tertiary/aromatic N) is 5. The maximum absolute atomic E-state index is 9.08. The van der Waals surface area contributed by atoms with Gasteiger partial charge in [-0.3, -0.25) is 0 Å². The average Bonchev–Trinajstić information content (AvgIpc) is 1.54. The van der Waals surface area contributed by atoms with Gasteiger partial charge in [0.05, 0.1) is 7.94 Å². The van der Waals surface area contributed by atoms with Gasteiger partial charge >= 0.3 is 0 Å². The normalized spacial score (nSPS) is 13.4. The SMILES string of the molecule is [2H]c1cc(C(C)(C)C)cc(-n2c3[c-]c(Oc4[c-]c(N5[CH-]N(c6c(-c7cc(C(C)(C)C)cc(C(C)(C)C)c7)cccc6-c6cc(C(C)(C)C)cc(C(C)(C)C)c6)c6ccccc65)cc(-c5c(C(C)C)cccc5C(C)C)c4)ccc3c3c4oc5c([N+]#[C-])cccc5c4ccc32)n1.[Pt]. The number of furan rings is 1. The number of anilines is 4. The molecule has 0 bridgehead atoms. The van der Waals surface area contributed by atoms with Crippen LogP contribution < -0.4 is 14.5 Å². The van der Waals surface area contributed by atoms with Crippen molar-refractivity contribution in [2.45, 2.75) is 170 Å². The zero-order valence-electron chi connectivity index (χ0n) is 59.7. The zero-order chi connectivity index (χ0) is 67.7. The monoisotopic (exact) mass is 1430 g/mol. The van der Waals surface area contributed by atoms with Crippen LogP contribution in [-0.4, -0.2) is 9.55 Å². The Balaban J connectivity index is 0.00000881. The molecule has 8 heteroatoms. The third kappa shape index (κ3) is 12.2. The molecule has 13 rings (SSSR count). The fraction of sp³-hybridized carbons (Fsp3) is 0.299. The first kappa shape index (κ1) is 65.0. The van der Waals surface area contributed by atoms with Gasteiger partial charge in [-0.15, -0.1) is 48.3 Å². The van der Waals surface area contributed by atoms with E-state index in [1.165, 1.54) is 50.1 Å². The second-order valence-electron chi connectivity index (χ2n) is 31.7. The van der Waals surface area contributed by atoms with E-state index in [0.717, 1.165) is 72.1 Å². The molecule has 0 saturated heterocycles. The van der Waals surface area contributed by atoms with E-state index in [1.807, 2.05) is 24.3 Å². The van der Waals surface area contributed by atoms with E-state index in [1.54, 1.807) is 6.07 Å². The van der Waals surface area contributed by atoms with Crippen LogP contribution in [0.2, 0.25) is 0 Å². The van der Waals surface area contributed by atoms with Crippen LogP contribution in [0, 0.1) is 25.4 Å². The molecule has 0 N–H and O–H groups in total. The van der Waals surface area contributed by atoms with Gasteiger partial charge in [-0.2, -0.15) is 6.07 Å². The molecule has 3 aromatic heterocycles. The molecule has 7 nitrogen and oxygen atoms in total. The minimum absolute atomic E-state index is 0. The largest absolute Gasteiger partial charge is 0.509 e. The maximum Gasteiger partial charge on any atom is 0.229 e. The standard InChI is InChI=1S/C87H88N5O2.Pt/c1-52(2)65-26-23-27-66(53(3)4)78(65)56-44-62(49-64(45-56)93-63-34-35-71-76(50-63)92(77-48-57(38-39-89-77)83(5,6)7)75-37-36-70-69-30-25-31-72(88-20)81(69)94-82(70)79(71)75)90-51-91(74-33-22-21-32-73(74)90)80-67(54-40-58(84(8,9)10)46-59(41-54)85(11,12)13)28-24-29-68(80)55-42-60(86(14,15)16)47-61(43-55)87(17,18)19;/h21-48,51-53H,1-19H3;/q-3;/i39D;. The second kappa shape index (κ2) is 24.2. The third-order valence-corrected chi connectivity index (χ3v) is 19.0. The molecule has 1 aliphatic rings. The molecule has 0 atom stereocenters. The van der Waals surface area contributed by atoms with Gasteiger partial charge in [0.2, 0.25) is 5.69 Å². The van der Waals surface area contributed by atoms with E-state index < -0.39 is 0 Å². The number of rotatable bonds is 10. The van der Waals surface area contributed by atoms with E-state index >= 15 is 0 Å². The Morgan fingerprint density at radius 1 is 0.516 bits per heavy atom. The first-order valence-corrected chi connectivity index (χ1v) is 33.3. The Morgan fingerprint density at radius 2 is 1.04 bits per heavy atom. The van der Waals surface area contributed by atoms with Crippen molar-refractivity contribution in [3.63, 3.8) is 0 Å². The summed E-state index contributed by atoms with van der Waals surface area (Å²) in [6.45, 7) is 53.7. The Bertz CT molecular complexity index is 4910. The van der Waals surface area contributed by atoms with Crippen molar-refractivity contribution in [1.29, 1.82) is 0 Å². The molecule has 0 fully saturated rings. The predicted octanol–water partition coefficient (Wildman–Crippen LogP) is 25.2. The van der Waals surface area contributed by atoms with Crippen molar-refractivity contribution < 1.29 is 31.6 Å². The van der Waals surface area contributed by atoms with Crippen LogP contribution >= 0.6 is 0 Å². The fourth-order valence-electron chi connectivity index (χ4n) is 13.5. The van der Waals surface area contributed by atoms with Gasteiger partial charge in [0.1, 0.15) is 17.0 Å². The Hall–Kier alpha value is -8.69. The predicted molar refractivity (Wildman–Crippen MR) is 396 cm³/mol. The van der Waals surface area contributed by atoms with Crippen molar-refractivity contribution in [2.75, 3.05) is 9.80 Å². The number of benzene rings is 9. The topological polar surface area (TPSA) is 51.0 Å². The van der Waals surface area contributed by atoms with E-state index in [0.29, 0.717) is 39.7 Å². The smallest absolute Gasteiger partial charge is 0.229 e. The first-order valence-electron chi connectivity index (χ1n) is 33.8. The van der Waals surface area contributed by atoms with Crippen LogP contribution in [0.5, 0.6) is 11.5 Å². The number of ether oxygens (including phenoxy) is 1. The van der Waals surface area contributed by atoms with Crippen LogP contribution in [0.4, 0.5) is 28.4 Å². The Labute approximate surface area is 579 Å². The van der Waals surface area contributed by atoms with Crippen molar-refractivity contribution in [1.82, 2.24) is 9.55 Å². The van der Waals surface area contributed by atoms with Gasteiger partial charge in [0.25, 0.3) is 0 Å². The van der Waals surface area contributed by atoms with Crippen LogP contribution in [-0.2, 0) is 48.1 Å². The number of para-hydroxylation sites is 4. The van der Waals surface area contributed by atoms with Gasteiger partial charge in [-0.25, -0.2) is 9.83 Å². The molecule has 9 aromatic carbocycles. The third-order valence-electron chi connectivity index (χ3n) is 19.0. The van der Waals surface area contributed by atoms with Crippen molar-refractivity contribution in [3.8, 4) is 50.7 Å². The second-order valence-corrected chi connectivity index (χ2v) is 31.7. The summed E-state index contributed by atoms with van der Waals surface area (Å²) in [5.74, 6) is 2.01. The minimum atomic E-state index is -0.271. The van der Waals surface area contributed by atoms with Gasteiger partial charge in [0.15, 0.2) is 0 Å². The molecule has 12 aromatic rings. The van der Waals surface area contributed by atoms with E-state index in [9.17, 15) is 0 Å². The van der Waals surface area contributed by atoms with E-state index in [2.05, 4.69) is 303 Å². The van der Waals surface area contributed by atoms with E-state index in [-0.39, 0.29) is 66.1 Å². The summed E-state index contributed by atoms with van der Waals surface area (Å²) in [4.78, 5) is 13.5. The summed E-state index contributed by atoms with van der Waals surface area (Å²) in [6, 6.07) is 66.9. The van der Waals surface area contributed by atoms with E-state index in [4.69, 9.17) is 22.1 Å². The molecular formula is C87H88N5O2Pt-3. The molecule has 4 heterocycles. The van der Waals surface area contributed by atoms with Gasteiger partial charge in [-0.05, 0) is 136 Å².